The van der Waals surface area contributed by atoms with E-state index in [1.54, 1.807) is 0 Å². The van der Waals surface area contributed by atoms with Crippen LogP contribution < -0.4 is 5.73 Å². The maximum Gasteiger partial charge on any atom is 0.0328 e. The largest absolute Gasteiger partial charge is 0.329 e. The summed E-state index contributed by atoms with van der Waals surface area (Å²) in [5.74, 6) is 0.905. The lowest BCUT2D eigenvalue weighted by atomic mass is 9.76. The van der Waals surface area contributed by atoms with Crippen LogP contribution in [0.1, 0.15) is 71.6 Å². The molecule has 0 atom stereocenters. The fraction of sp³-hybridized carbons (Fsp3) is 1.00. The molecule has 0 bridgehead atoms. The van der Waals surface area contributed by atoms with E-state index >= 15 is 0 Å². The SMILES string of the molecule is CCCCCCCN(C)C1(CN)CCC(C)CC1. The average molecular weight is 254 g/mol. The molecule has 0 unspecified atom stereocenters. The molecule has 0 aromatic carbocycles. The highest BCUT2D eigenvalue weighted by Crippen LogP contribution is 2.35. The van der Waals surface area contributed by atoms with Crippen LogP contribution in [-0.2, 0) is 0 Å². The second kappa shape index (κ2) is 8.16. The lowest BCUT2D eigenvalue weighted by Crippen LogP contribution is -2.54. The molecule has 18 heavy (non-hydrogen) atoms. The van der Waals surface area contributed by atoms with Crippen LogP contribution in [0.25, 0.3) is 0 Å². The van der Waals surface area contributed by atoms with Crippen LogP contribution in [0.15, 0.2) is 0 Å². The molecule has 2 nitrogen and oxygen atoms in total. The standard InChI is InChI=1S/C16H34N2/c1-4-5-6-7-8-13-18(3)16(14-17)11-9-15(2)10-12-16/h15H,4-14,17H2,1-3H3. The Morgan fingerprint density at radius 2 is 1.72 bits per heavy atom. The molecule has 1 rings (SSSR count). The molecular weight excluding hydrogens is 220 g/mol. The first kappa shape index (κ1) is 16.0. The second-order valence-corrected chi connectivity index (χ2v) is 6.45. The van der Waals surface area contributed by atoms with Gasteiger partial charge in [-0.05, 0) is 51.6 Å². The average Bonchev–Trinajstić information content (AvgIpc) is 2.39. The van der Waals surface area contributed by atoms with Gasteiger partial charge in [0.1, 0.15) is 0 Å². The Labute approximate surface area is 114 Å². The maximum atomic E-state index is 6.09. The van der Waals surface area contributed by atoms with Crippen molar-refractivity contribution in [1.82, 2.24) is 4.90 Å². The van der Waals surface area contributed by atoms with Crippen molar-refractivity contribution in [2.24, 2.45) is 11.7 Å². The quantitative estimate of drug-likeness (QED) is 0.668. The van der Waals surface area contributed by atoms with Gasteiger partial charge < -0.3 is 5.73 Å². The van der Waals surface area contributed by atoms with Crippen LogP contribution in [0.5, 0.6) is 0 Å². The summed E-state index contributed by atoms with van der Waals surface area (Å²) in [6.45, 7) is 6.73. The van der Waals surface area contributed by atoms with Gasteiger partial charge >= 0.3 is 0 Å². The molecule has 0 aliphatic heterocycles. The summed E-state index contributed by atoms with van der Waals surface area (Å²) in [6, 6.07) is 0. The Hall–Kier alpha value is -0.0800. The first-order chi connectivity index (χ1) is 8.64. The Morgan fingerprint density at radius 3 is 2.28 bits per heavy atom. The van der Waals surface area contributed by atoms with Crippen LogP contribution in [0, 0.1) is 5.92 Å². The monoisotopic (exact) mass is 254 g/mol. The first-order valence-electron chi connectivity index (χ1n) is 8.06. The molecule has 108 valence electrons. The van der Waals surface area contributed by atoms with Gasteiger partial charge in [-0.3, -0.25) is 4.90 Å². The van der Waals surface area contributed by atoms with Crippen LogP contribution in [0.2, 0.25) is 0 Å². The molecule has 0 heterocycles. The van der Waals surface area contributed by atoms with Gasteiger partial charge in [0, 0.05) is 12.1 Å². The van der Waals surface area contributed by atoms with Gasteiger partial charge in [-0.1, -0.05) is 39.5 Å². The molecule has 0 aromatic heterocycles. The molecule has 0 aromatic rings. The molecule has 0 spiro atoms. The number of hydrogen-bond acceptors (Lipinski definition) is 2. The summed E-state index contributed by atoms with van der Waals surface area (Å²) in [5.41, 5.74) is 6.41. The van der Waals surface area contributed by atoms with Gasteiger partial charge in [-0.2, -0.15) is 0 Å². The van der Waals surface area contributed by atoms with E-state index in [0.29, 0.717) is 5.54 Å². The normalized spacial score (nSPS) is 28.8. The number of rotatable bonds is 8. The van der Waals surface area contributed by atoms with E-state index in [1.807, 2.05) is 0 Å². The van der Waals surface area contributed by atoms with E-state index in [9.17, 15) is 0 Å². The predicted molar refractivity (Wildman–Crippen MR) is 80.8 cm³/mol. The Balaban J connectivity index is 2.30. The molecular formula is C16H34N2. The molecule has 2 heteroatoms. The highest BCUT2D eigenvalue weighted by atomic mass is 15.2. The Kier molecular flexibility index (Phi) is 7.25. The minimum Gasteiger partial charge on any atom is -0.329 e. The lowest BCUT2D eigenvalue weighted by Gasteiger charge is -2.45. The number of unbranched alkanes of at least 4 members (excludes halogenated alkanes) is 4. The fourth-order valence-corrected chi connectivity index (χ4v) is 3.23. The van der Waals surface area contributed by atoms with Crippen LogP contribution in [0.3, 0.4) is 0 Å². The smallest absolute Gasteiger partial charge is 0.0328 e. The molecule has 0 saturated heterocycles. The van der Waals surface area contributed by atoms with Crippen LogP contribution >= 0.6 is 0 Å². The van der Waals surface area contributed by atoms with Gasteiger partial charge in [-0.25, -0.2) is 0 Å². The zero-order chi connectivity index (χ0) is 13.4. The third kappa shape index (κ3) is 4.55. The molecule has 1 fully saturated rings. The van der Waals surface area contributed by atoms with E-state index in [-0.39, 0.29) is 0 Å². The minimum absolute atomic E-state index is 0.317. The molecule has 1 aliphatic carbocycles. The van der Waals surface area contributed by atoms with Gasteiger partial charge in [0.25, 0.3) is 0 Å². The zero-order valence-corrected chi connectivity index (χ0v) is 12.9. The molecule has 1 aliphatic rings. The van der Waals surface area contributed by atoms with E-state index in [2.05, 4.69) is 25.8 Å². The van der Waals surface area contributed by atoms with Crippen LogP contribution in [-0.4, -0.2) is 30.6 Å². The predicted octanol–water partition coefficient (Wildman–Crippen LogP) is 3.80. The molecule has 0 amide bonds. The fourth-order valence-electron chi connectivity index (χ4n) is 3.23. The maximum absolute atomic E-state index is 6.09. The molecule has 0 radical (unpaired) electrons. The zero-order valence-electron chi connectivity index (χ0n) is 12.9. The molecule has 2 N–H and O–H groups in total. The van der Waals surface area contributed by atoms with Gasteiger partial charge in [0.2, 0.25) is 0 Å². The summed E-state index contributed by atoms with van der Waals surface area (Å²) < 4.78 is 0. The van der Waals surface area contributed by atoms with Crippen molar-refractivity contribution in [3.63, 3.8) is 0 Å². The van der Waals surface area contributed by atoms with Crippen molar-refractivity contribution in [2.45, 2.75) is 77.2 Å². The second-order valence-electron chi connectivity index (χ2n) is 6.45. The number of hydrogen-bond donors (Lipinski definition) is 1. The van der Waals surface area contributed by atoms with Crippen molar-refractivity contribution < 1.29 is 0 Å². The number of nitrogens with zero attached hydrogens (tertiary/aromatic N) is 1. The summed E-state index contributed by atoms with van der Waals surface area (Å²) >= 11 is 0. The summed E-state index contributed by atoms with van der Waals surface area (Å²) in [7, 11) is 2.29. The Bertz CT molecular complexity index is 207. The van der Waals surface area contributed by atoms with Crippen molar-refractivity contribution >= 4 is 0 Å². The van der Waals surface area contributed by atoms with E-state index in [4.69, 9.17) is 5.73 Å². The van der Waals surface area contributed by atoms with Gasteiger partial charge in [0.15, 0.2) is 0 Å². The highest BCUT2D eigenvalue weighted by Gasteiger charge is 2.36. The first-order valence-corrected chi connectivity index (χ1v) is 8.06. The summed E-state index contributed by atoms with van der Waals surface area (Å²) in [6.07, 6.45) is 12.2. The topological polar surface area (TPSA) is 29.3 Å². The van der Waals surface area contributed by atoms with E-state index < -0.39 is 0 Å². The van der Waals surface area contributed by atoms with E-state index in [1.165, 1.54) is 64.3 Å². The van der Waals surface area contributed by atoms with E-state index in [0.717, 1.165) is 12.5 Å². The van der Waals surface area contributed by atoms with Crippen molar-refractivity contribution in [3.05, 3.63) is 0 Å². The summed E-state index contributed by atoms with van der Waals surface area (Å²) in [5, 5.41) is 0. The highest BCUT2D eigenvalue weighted by molar-refractivity contribution is 4.94. The third-order valence-corrected chi connectivity index (χ3v) is 4.99. The Morgan fingerprint density at radius 1 is 1.11 bits per heavy atom. The van der Waals surface area contributed by atoms with Crippen LogP contribution in [0.4, 0.5) is 0 Å². The van der Waals surface area contributed by atoms with Crippen molar-refractivity contribution in [2.75, 3.05) is 20.1 Å². The molecule has 1 saturated carbocycles. The minimum atomic E-state index is 0.317. The van der Waals surface area contributed by atoms with Gasteiger partial charge in [0.05, 0.1) is 0 Å². The number of nitrogens with two attached hydrogens (primary N) is 1. The van der Waals surface area contributed by atoms with Gasteiger partial charge in [-0.15, -0.1) is 0 Å². The third-order valence-electron chi connectivity index (χ3n) is 4.99. The number of likely N-dealkylation sites (N-methyl/N-ethyl adjacent to an activating group) is 1. The lowest BCUT2D eigenvalue weighted by molar-refractivity contribution is 0.0663. The van der Waals surface area contributed by atoms with Crippen molar-refractivity contribution in [3.8, 4) is 0 Å². The summed E-state index contributed by atoms with van der Waals surface area (Å²) in [4.78, 5) is 2.57. The van der Waals surface area contributed by atoms with Crippen molar-refractivity contribution in [1.29, 1.82) is 0 Å².